The molecule has 0 bridgehead atoms. The van der Waals surface area contributed by atoms with Crippen LogP contribution in [0.5, 0.6) is 0 Å². The van der Waals surface area contributed by atoms with E-state index in [1.165, 1.54) is 24.0 Å². The van der Waals surface area contributed by atoms with Crippen molar-refractivity contribution in [2.75, 3.05) is 6.54 Å². The number of nitrogens with two attached hydrogens (primary N) is 1. The van der Waals surface area contributed by atoms with Crippen LogP contribution < -0.4 is 5.73 Å². The van der Waals surface area contributed by atoms with Crippen LogP contribution in [0.15, 0.2) is 28.8 Å². The van der Waals surface area contributed by atoms with Crippen molar-refractivity contribution in [3.63, 3.8) is 0 Å². The highest BCUT2D eigenvalue weighted by molar-refractivity contribution is 5.59. The Labute approximate surface area is 120 Å². The number of hydrogen-bond acceptors (Lipinski definition) is 3. The second-order valence-electron chi connectivity index (χ2n) is 6.07. The molecule has 0 amide bonds. The minimum absolute atomic E-state index is 0.0431. The van der Waals surface area contributed by atoms with Gasteiger partial charge in [0.15, 0.2) is 5.76 Å². The van der Waals surface area contributed by atoms with Crippen LogP contribution in [0.25, 0.3) is 11.3 Å². The van der Waals surface area contributed by atoms with E-state index in [0.29, 0.717) is 6.54 Å². The summed E-state index contributed by atoms with van der Waals surface area (Å²) in [6, 6.07) is 8.46. The predicted molar refractivity (Wildman–Crippen MR) is 80.6 cm³/mol. The Morgan fingerprint density at radius 1 is 1.15 bits per heavy atom. The Morgan fingerprint density at radius 3 is 2.55 bits per heavy atom. The normalized spacial score (nSPS) is 17.6. The van der Waals surface area contributed by atoms with Crippen molar-refractivity contribution in [1.82, 2.24) is 5.16 Å². The molecule has 2 N–H and O–H groups in total. The molecular formula is C17H22N2O. The van der Waals surface area contributed by atoms with Gasteiger partial charge < -0.3 is 10.3 Å². The molecule has 1 aromatic carbocycles. The van der Waals surface area contributed by atoms with Crippen LogP contribution in [-0.4, -0.2) is 11.7 Å². The highest BCUT2D eigenvalue weighted by Gasteiger charge is 2.37. The van der Waals surface area contributed by atoms with Crippen molar-refractivity contribution in [3.05, 3.63) is 41.1 Å². The second kappa shape index (κ2) is 5.06. The first-order valence-corrected chi connectivity index (χ1v) is 7.39. The molecular weight excluding hydrogens is 248 g/mol. The van der Waals surface area contributed by atoms with Gasteiger partial charge in [0.25, 0.3) is 0 Å². The van der Waals surface area contributed by atoms with Gasteiger partial charge in [0, 0.05) is 23.6 Å². The molecule has 0 spiro atoms. The minimum atomic E-state index is 0.0431. The molecule has 1 heterocycles. The van der Waals surface area contributed by atoms with Crippen molar-refractivity contribution in [2.45, 2.75) is 44.9 Å². The van der Waals surface area contributed by atoms with Crippen LogP contribution in [0.2, 0.25) is 0 Å². The third-order valence-corrected chi connectivity index (χ3v) is 4.80. The van der Waals surface area contributed by atoms with E-state index in [-0.39, 0.29) is 5.41 Å². The third-order valence-electron chi connectivity index (χ3n) is 4.80. The molecule has 0 unspecified atom stereocenters. The highest BCUT2D eigenvalue weighted by Crippen LogP contribution is 2.40. The maximum absolute atomic E-state index is 6.01. The van der Waals surface area contributed by atoms with Crippen LogP contribution in [0.4, 0.5) is 0 Å². The van der Waals surface area contributed by atoms with Crippen LogP contribution in [0.1, 0.15) is 42.5 Å². The molecule has 0 aliphatic heterocycles. The van der Waals surface area contributed by atoms with Gasteiger partial charge in [-0.15, -0.1) is 0 Å². The standard InChI is InChI=1S/C17H22N2O/c1-12-5-6-14(9-13(12)2)15-10-16(19-20-15)17(11-18)7-3-4-8-17/h5-6,9-10H,3-4,7-8,11,18H2,1-2H3. The average Bonchev–Trinajstić information content (AvgIpc) is 3.10. The van der Waals surface area contributed by atoms with Gasteiger partial charge in [-0.25, -0.2) is 0 Å². The lowest BCUT2D eigenvalue weighted by Gasteiger charge is -2.23. The fourth-order valence-corrected chi connectivity index (χ4v) is 3.17. The van der Waals surface area contributed by atoms with Gasteiger partial charge in [0.05, 0.1) is 5.69 Å². The van der Waals surface area contributed by atoms with Crippen molar-refractivity contribution in [1.29, 1.82) is 0 Å². The Balaban J connectivity index is 1.95. The molecule has 0 atom stereocenters. The van der Waals surface area contributed by atoms with E-state index in [9.17, 15) is 0 Å². The molecule has 3 heteroatoms. The first-order valence-electron chi connectivity index (χ1n) is 7.39. The molecule has 0 radical (unpaired) electrons. The molecule has 1 aromatic heterocycles. The largest absolute Gasteiger partial charge is 0.356 e. The summed E-state index contributed by atoms with van der Waals surface area (Å²) in [7, 11) is 0. The van der Waals surface area contributed by atoms with Crippen molar-refractivity contribution < 1.29 is 4.52 Å². The molecule has 1 saturated carbocycles. The zero-order valence-corrected chi connectivity index (χ0v) is 12.3. The van der Waals surface area contributed by atoms with Crippen molar-refractivity contribution in [3.8, 4) is 11.3 Å². The highest BCUT2D eigenvalue weighted by atomic mass is 16.5. The lowest BCUT2D eigenvalue weighted by molar-refractivity contribution is 0.372. The van der Waals surface area contributed by atoms with Gasteiger partial charge >= 0.3 is 0 Å². The number of aryl methyl sites for hydroxylation is 2. The molecule has 20 heavy (non-hydrogen) atoms. The van der Waals surface area contributed by atoms with Gasteiger partial charge in [-0.1, -0.05) is 30.1 Å². The lowest BCUT2D eigenvalue weighted by atomic mass is 9.82. The summed E-state index contributed by atoms with van der Waals surface area (Å²) in [4.78, 5) is 0. The molecule has 1 aliphatic carbocycles. The summed E-state index contributed by atoms with van der Waals surface area (Å²) in [5.41, 5.74) is 10.7. The molecule has 3 nitrogen and oxygen atoms in total. The summed E-state index contributed by atoms with van der Waals surface area (Å²) < 4.78 is 5.58. The number of aromatic nitrogens is 1. The van der Waals surface area contributed by atoms with E-state index in [2.05, 4.69) is 43.3 Å². The van der Waals surface area contributed by atoms with Crippen molar-refractivity contribution >= 4 is 0 Å². The van der Waals surface area contributed by atoms with E-state index in [1.54, 1.807) is 0 Å². The van der Waals surface area contributed by atoms with Crippen LogP contribution in [-0.2, 0) is 5.41 Å². The lowest BCUT2D eigenvalue weighted by Crippen LogP contribution is -2.32. The van der Waals surface area contributed by atoms with Gasteiger partial charge in [0.1, 0.15) is 0 Å². The van der Waals surface area contributed by atoms with Crippen LogP contribution in [0, 0.1) is 13.8 Å². The van der Waals surface area contributed by atoms with E-state index in [4.69, 9.17) is 10.3 Å². The monoisotopic (exact) mass is 270 g/mol. The van der Waals surface area contributed by atoms with E-state index in [0.717, 1.165) is 29.9 Å². The maximum atomic E-state index is 6.01. The Hall–Kier alpha value is -1.61. The average molecular weight is 270 g/mol. The Kier molecular flexibility index (Phi) is 3.38. The fraction of sp³-hybridized carbons (Fsp3) is 0.471. The molecule has 0 saturated heterocycles. The summed E-state index contributed by atoms with van der Waals surface area (Å²) in [6.45, 7) is 4.90. The quantitative estimate of drug-likeness (QED) is 0.924. The predicted octanol–water partition coefficient (Wildman–Crippen LogP) is 3.73. The number of hydrogen-bond donors (Lipinski definition) is 1. The number of rotatable bonds is 3. The zero-order chi connectivity index (χ0) is 14.2. The maximum Gasteiger partial charge on any atom is 0.167 e. The third kappa shape index (κ3) is 2.16. The topological polar surface area (TPSA) is 52.0 Å². The number of benzene rings is 1. The Bertz CT molecular complexity index is 609. The fourth-order valence-electron chi connectivity index (χ4n) is 3.17. The second-order valence-corrected chi connectivity index (χ2v) is 6.07. The van der Waals surface area contributed by atoms with Crippen LogP contribution in [0.3, 0.4) is 0 Å². The SMILES string of the molecule is Cc1ccc(-c2cc(C3(CN)CCCC3)no2)cc1C. The minimum Gasteiger partial charge on any atom is -0.356 e. The van der Waals surface area contributed by atoms with Crippen LogP contribution >= 0.6 is 0 Å². The van der Waals surface area contributed by atoms with Gasteiger partial charge in [-0.2, -0.15) is 0 Å². The van der Waals surface area contributed by atoms with E-state index >= 15 is 0 Å². The summed E-state index contributed by atoms with van der Waals surface area (Å²) in [5, 5.41) is 4.31. The van der Waals surface area contributed by atoms with Gasteiger partial charge in [-0.05, 0) is 43.9 Å². The molecule has 2 aromatic rings. The summed E-state index contributed by atoms with van der Waals surface area (Å²) in [5.74, 6) is 0.850. The Morgan fingerprint density at radius 2 is 1.90 bits per heavy atom. The molecule has 1 aliphatic rings. The molecule has 3 rings (SSSR count). The van der Waals surface area contributed by atoms with E-state index in [1.807, 2.05) is 0 Å². The number of nitrogens with zero attached hydrogens (tertiary/aromatic N) is 1. The first-order chi connectivity index (χ1) is 9.64. The van der Waals surface area contributed by atoms with Crippen molar-refractivity contribution in [2.24, 2.45) is 5.73 Å². The molecule has 1 fully saturated rings. The first kappa shape index (κ1) is 13.4. The molecule has 106 valence electrons. The van der Waals surface area contributed by atoms with Gasteiger partial charge in [0.2, 0.25) is 0 Å². The summed E-state index contributed by atoms with van der Waals surface area (Å²) >= 11 is 0. The summed E-state index contributed by atoms with van der Waals surface area (Å²) in [6.07, 6.45) is 4.73. The van der Waals surface area contributed by atoms with Gasteiger partial charge in [-0.3, -0.25) is 0 Å². The zero-order valence-electron chi connectivity index (χ0n) is 12.3. The van der Waals surface area contributed by atoms with E-state index < -0.39 is 0 Å². The smallest absolute Gasteiger partial charge is 0.167 e.